The van der Waals surface area contributed by atoms with Gasteiger partial charge in [-0.1, -0.05) is 6.07 Å². The van der Waals surface area contributed by atoms with Crippen molar-refractivity contribution in [3.8, 4) is 17.2 Å². The van der Waals surface area contributed by atoms with Crippen molar-refractivity contribution >= 4 is 0 Å². The summed E-state index contributed by atoms with van der Waals surface area (Å²) in [4.78, 5) is 6.27. The van der Waals surface area contributed by atoms with E-state index in [2.05, 4.69) is 9.55 Å². The van der Waals surface area contributed by atoms with Gasteiger partial charge in [-0.3, -0.25) is 4.90 Å². The molecule has 2 aromatic carbocycles. The molecule has 0 unspecified atom stereocenters. The third kappa shape index (κ3) is 7.64. The summed E-state index contributed by atoms with van der Waals surface area (Å²) >= 11 is 0. The quantitative estimate of drug-likeness (QED) is 0.390. The molecule has 200 valence electrons. The molecule has 1 saturated heterocycles. The molecule has 1 aromatic heterocycles. The number of hydrogen-bond donors (Lipinski definition) is 1. The fourth-order valence-corrected chi connectivity index (χ4v) is 4.29. The van der Waals surface area contributed by atoms with Crippen molar-refractivity contribution < 1.29 is 32.8 Å². The van der Waals surface area contributed by atoms with Gasteiger partial charge in [-0.05, 0) is 31.0 Å². The van der Waals surface area contributed by atoms with Crippen LogP contribution in [0.15, 0.2) is 48.8 Å². The SMILES string of the molecule is COc1cc(CN2CCOC[C@@](O)(COc3cc(F)cc(F)c3)C2)ccc1OCCCn1ccnc1C. The summed E-state index contributed by atoms with van der Waals surface area (Å²) in [5.41, 5.74) is -0.365. The molecule has 0 saturated carbocycles. The number of aliphatic hydroxyl groups is 1. The Morgan fingerprint density at radius 3 is 2.65 bits per heavy atom. The average Bonchev–Trinajstić information content (AvgIpc) is 3.18. The first-order chi connectivity index (χ1) is 17.8. The number of nitrogens with zero attached hydrogens (tertiary/aromatic N) is 3. The number of benzene rings is 2. The Labute approximate surface area is 215 Å². The molecule has 0 amide bonds. The molecule has 1 N–H and O–H groups in total. The molecule has 0 spiro atoms. The monoisotopic (exact) mass is 517 g/mol. The Hall–Kier alpha value is -3.21. The van der Waals surface area contributed by atoms with E-state index in [4.69, 9.17) is 18.9 Å². The zero-order valence-electron chi connectivity index (χ0n) is 21.2. The molecule has 0 radical (unpaired) electrons. The lowest BCUT2D eigenvalue weighted by Crippen LogP contribution is -2.48. The first kappa shape index (κ1) is 26.8. The van der Waals surface area contributed by atoms with E-state index in [1.54, 1.807) is 13.3 Å². The van der Waals surface area contributed by atoms with Gasteiger partial charge in [0.2, 0.25) is 0 Å². The number of ether oxygens (including phenoxy) is 4. The molecule has 2 heterocycles. The second-order valence-corrected chi connectivity index (χ2v) is 9.24. The number of imidazole rings is 1. The highest BCUT2D eigenvalue weighted by molar-refractivity contribution is 5.43. The van der Waals surface area contributed by atoms with Gasteiger partial charge in [0, 0.05) is 56.8 Å². The molecule has 0 bridgehead atoms. The second-order valence-electron chi connectivity index (χ2n) is 9.24. The number of aromatic nitrogens is 2. The van der Waals surface area contributed by atoms with Crippen molar-refractivity contribution in [2.75, 3.05) is 46.6 Å². The topological polar surface area (TPSA) is 78.2 Å². The van der Waals surface area contributed by atoms with E-state index < -0.39 is 17.2 Å². The highest BCUT2D eigenvalue weighted by Gasteiger charge is 2.33. The highest BCUT2D eigenvalue weighted by Crippen LogP contribution is 2.29. The van der Waals surface area contributed by atoms with Crippen LogP contribution < -0.4 is 14.2 Å². The molecule has 3 aromatic rings. The summed E-state index contributed by atoms with van der Waals surface area (Å²) in [6, 6.07) is 8.71. The number of methoxy groups -OCH3 is 1. The molecule has 0 aliphatic carbocycles. The maximum Gasteiger partial charge on any atom is 0.161 e. The average molecular weight is 518 g/mol. The fourth-order valence-electron chi connectivity index (χ4n) is 4.29. The van der Waals surface area contributed by atoms with Gasteiger partial charge in [0.25, 0.3) is 0 Å². The predicted molar refractivity (Wildman–Crippen MR) is 133 cm³/mol. The zero-order valence-corrected chi connectivity index (χ0v) is 21.2. The van der Waals surface area contributed by atoms with E-state index in [0.717, 1.165) is 42.6 Å². The molecule has 8 nitrogen and oxygen atoms in total. The van der Waals surface area contributed by atoms with Crippen molar-refractivity contribution in [1.29, 1.82) is 0 Å². The Bertz CT molecular complexity index is 1150. The normalized spacial score (nSPS) is 18.4. The summed E-state index contributed by atoms with van der Waals surface area (Å²) in [6.45, 7) is 5.06. The van der Waals surface area contributed by atoms with Gasteiger partial charge in [0.05, 0.1) is 26.9 Å². The maximum atomic E-state index is 13.5. The molecule has 1 aliphatic rings. The minimum absolute atomic E-state index is 0.0159. The van der Waals surface area contributed by atoms with Crippen LogP contribution in [0.4, 0.5) is 8.78 Å². The van der Waals surface area contributed by atoms with Crippen LogP contribution in [-0.4, -0.2) is 71.8 Å². The Morgan fingerprint density at radius 2 is 1.92 bits per heavy atom. The van der Waals surface area contributed by atoms with E-state index in [1.807, 2.05) is 36.2 Å². The van der Waals surface area contributed by atoms with Crippen LogP contribution in [0.3, 0.4) is 0 Å². The minimum atomic E-state index is -1.35. The predicted octanol–water partition coefficient (Wildman–Crippen LogP) is 3.59. The van der Waals surface area contributed by atoms with Crippen molar-refractivity contribution in [2.45, 2.75) is 32.0 Å². The number of rotatable bonds is 11. The van der Waals surface area contributed by atoms with Crippen LogP contribution in [0.25, 0.3) is 0 Å². The molecule has 10 heteroatoms. The van der Waals surface area contributed by atoms with Crippen LogP contribution in [0.5, 0.6) is 17.2 Å². The summed E-state index contributed by atoms with van der Waals surface area (Å²) in [5.74, 6) is 0.810. The molecular formula is C27H33F2N3O5. The largest absolute Gasteiger partial charge is 0.493 e. The van der Waals surface area contributed by atoms with E-state index in [1.165, 1.54) is 0 Å². The van der Waals surface area contributed by atoms with Gasteiger partial charge in [-0.2, -0.15) is 0 Å². The molecule has 37 heavy (non-hydrogen) atoms. The van der Waals surface area contributed by atoms with Crippen molar-refractivity contribution in [2.24, 2.45) is 0 Å². The Kier molecular flexibility index (Phi) is 8.96. The van der Waals surface area contributed by atoms with Gasteiger partial charge in [0.1, 0.15) is 35.4 Å². The number of β-amino-alcohol motifs (C(OH)–C–C–N with tert-alkyl or cyclic N) is 1. The summed E-state index contributed by atoms with van der Waals surface area (Å²) in [6.07, 6.45) is 4.57. The van der Waals surface area contributed by atoms with Crippen LogP contribution >= 0.6 is 0 Å². The Morgan fingerprint density at radius 1 is 1.11 bits per heavy atom. The summed E-state index contributed by atoms with van der Waals surface area (Å²) < 4.78 is 51.6. The molecule has 1 atom stereocenters. The van der Waals surface area contributed by atoms with Crippen LogP contribution in [0, 0.1) is 18.6 Å². The van der Waals surface area contributed by atoms with Gasteiger partial charge in [-0.25, -0.2) is 13.8 Å². The van der Waals surface area contributed by atoms with Crippen molar-refractivity contribution in [3.63, 3.8) is 0 Å². The van der Waals surface area contributed by atoms with Crippen LogP contribution in [-0.2, 0) is 17.8 Å². The summed E-state index contributed by atoms with van der Waals surface area (Å²) in [5, 5.41) is 11.1. The molecular weight excluding hydrogens is 484 g/mol. The number of hydrogen-bond acceptors (Lipinski definition) is 7. The fraction of sp³-hybridized carbons (Fsp3) is 0.444. The van der Waals surface area contributed by atoms with E-state index in [0.29, 0.717) is 37.8 Å². The molecule has 4 rings (SSSR count). The second kappa shape index (κ2) is 12.4. The maximum absolute atomic E-state index is 13.5. The Balaban J connectivity index is 1.33. The summed E-state index contributed by atoms with van der Waals surface area (Å²) in [7, 11) is 1.60. The van der Waals surface area contributed by atoms with Crippen LogP contribution in [0.2, 0.25) is 0 Å². The number of halogens is 2. The standard InChI is InChI=1S/C27H33F2N3O5/c1-20-30-6-8-32(20)7-3-10-36-25-5-4-21(12-26(25)34-2)16-31-9-11-35-18-27(33,17-31)19-37-24-14-22(28)13-23(29)15-24/h4-6,8,12-15,33H,3,7,9-11,16-19H2,1-2H3/t27-/m1/s1. The van der Waals surface area contributed by atoms with Crippen molar-refractivity contribution in [1.82, 2.24) is 14.5 Å². The van der Waals surface area contributed by atoms with E-state index >= 15 is 0 Å². The van der Waals surface area contributed by atoms with Gasteiger partial charge in [0.15, 0.2) is 11.5 Å². The highest BCUT2D eigenvalue weighted by atomic mass is 19.1. The molecule has 1 fully saturated rings. The first-order valence-electron chi connectivity index (χ1n) is 12.2. The van der Waals surface area contributed by atoms with E-state index in [-0.39, 0.29) is 25.5 Å². The van der Waals surface area contributed by atoms with E-state index in [9.17, 15) is 13.9 Å². The first-order valence-corrected chi connectivity index (χ1v) is 12.2. The lowest BCUT2D eigenvalue weighted by atomic mass is 10.1. The lowest BCUT2D eigenvalue weighted by Gasteiger charge is -2.30. The van der Waals surface area contributed by atoms with Crippen molar-refractivity contribution in [3.05, 3.63) is 71.8 Å². The third-order valence-corrected chi connectivity index (χ3v) is 6.14. The van der Waals surface area contributed by atoms with Crippen LogP contribution in [0.1, 0.15) is 17.8 Å². The van der Waals surface area contributed by atoms with Gasteiger partial charge >= 0.3 is 0 Å². The third-order valence-electron chi connectivity index (χ3n) is 6.14. The zero-order chi connectivity index (χ0) is 26.3. The molecule has 1 aliphatic heterocycles. The van der Waals surface area contributed by atoms with Gasteiger partial charge < -0.3 is 28.6 Å². The minimum Gasteiger partial charge on any atom is -0.493 e. The smallest absolute Gasteiger partial charge is 0.161 e. The lowest BCUT2D eigenvalue weighted by molar-refractivity contribution is -0.0647. The number of aryl methyl sites for hydroxylation is 2. The van der Waals surface area contributed by atoms with Gasteiger partial charge in [-0.15, -0.1) is 0 Å².